The van der Waals surface area contributed by atoms with Crippen LogP contribution in [0.4, 0.5) is 4.39 Å². The largest absolute Gasteiger partial charge is 0.330 e. The summed E-state index contributed by atoms with van der Waals surface area (Å²) in [5, 5.41) is 9.73. The van der Waals surface area contributed by atoms with Gasteiger partial charge in [-0.15, -0.1) is 0 Å². The van der Waals surface area contributed by atoms with Crippen molar-refractivity contribution in [1.82, 2.24) is 4.90 Å². The maximum atomic E-state index is 13.7. The molecule has 0 spiro atoms. The van der Waals surface area contributed by atoms with Gasteiger partial charge in [-0.3, -0.25) is 4.79 Å². The molecule has 0 aromatic heterocycles. The summed E-state index contributed by atoms with van der Waals surface area (Å²) in [5.41, 5.74) is 5.72. The average molecular weight is 338 g/mol. The van der Waals surface area contributed by atoms with E-state index in [1.54, 1.807) is 31.7 Å². The fourth-order valence-corrected chi connectivity index (χ4v) is 3.46. The Hall–Kier alpha value is -1.64. The number of rotatable bonds is 3. The lowest BCUT2D eigenvalue weighted by Crippen LogP contribution is -2.50. The van der Waals surface area contributed by atoms with Crippen molar-refractivity contribution in [3.05, 3.63) is 34.6 Å². The second kappa shape index (κ2) is 6.46. The van der Waals surface area contributed by atoms with Gasteiger partial charge in [-0.25, -0.2) is 4.39 Å². The van der Waals surface area contributed by atoms with Crippen LogP contribution in [0.1, 0.15) is 45.2 Å². The highest BCUT2D eigenvalue weighted by atomic mass is 35.5. The second-order valence-corrected chi connectivity index (χ2v) is 7.12. The molecule has 3 atom stereocenters. The van der Waals surface area contributed by atoms with E-state index in [-0.39, 0.29) is 23.0 Å². The van der Waals surface area contributed by atoms with E-state index in [1.165, 1.54) is 12.1 Å². The van der Waals surface area contributed by atoms with E-state index in [0.717, 1.165) is 0 Å². The van der Waals surface area contributed by atoms with E-state index >= 15 is 0 Å². The predicted octanol–water partition coefficient (Wildman–Crippen LogP) is 3.41. The third-order valence-electron chi connectivity index (χ3n) is 4.42. The Bertz CT molecular complexity index is 633. The van der Waals surface area contributed by atoms with Crippen LogP contribution in [-0.4, -0.2) is 22.9 Å². The molecule has 1 aliphatic rings. The summed E-state index contributed by atoms with van der Waals surface area (Å²) in [6.45, 7) is 5.23. The van der Waals surface area contributed by atoms with Gasteiger partial charge in [0.15, 0.2) is 0 Å². The SMILES string of the molecule is CC(N)C(=O)N1[C@H](c2cc(F)cc(Cl)c2)CC[C@@H]1C(C)(C)C#N. The van der Waals surface area contributed by atoms with Crippen molar-refractivity contribution in [3.8, 4) is 6.07 Å². The van der Waals surface area contributed by atoms with Crippen LogP contribution in [0.3, 0.4) is 0 Å². The molecule has 0 radical (unpaired) electrons. The Morgan fingerprint density at radius 2 is 2.13 bits per heavy atom. The van der Waals surface area contributed by atoms with E-state index in [9.17, 15) is 14.4 Å². The topological polar surface area (TPSA) is 70.1 Å². The van der Waals surface area contributed by atoms with Crippen LogP contribution in [0, 0.1) is 22.6 Å². The standard InChI is InChI=1S/C17H21ClFN3O/c1-10(21)16(23)22-14(4-5-15(22)17(2,3)9-20)11-6-12(18)8-13(19)7-11/h6-8,10,14-15H,4-5,21H2,1-3H3/t10?,14-,15+/m0/s1. The van der Waals surface area contributed by atoms with Crippen LogP contribution in [0.25, 0.3) is 0 Å². The Balaban J connectivity index is 2.47. The number of likely N-dealkylation sites (tertiary alicyclic amines) is 1. The lowest BCUT2D eigenvalue weighted by molar-refractivity contribution is -0.137. The molecule has 1 unspecified atom stereocenters. The molecule has 1 aromatic rings. The third kappa shape index (κ3) is 3.49. The Morgan fingerprint density at radius 3 is 2.65 bits per heavy atom. The molecule has 6 heteroatoms. The molecule has 1 amide bonds. The molecule has 1 heterocycles. The number of nitrogens with zero attached hydrogens (tertiary/aromatic N) is 2. The predicted molar refractivity (Wildman–Crippen MR) is 87.1 cm³/mol. The minimum Gasteiger partial charge on any atom is -0.330 e. The molecule has 0 saturated carbocycles. The molecule has 1 aromatic carbocycles. The first kappa shape index (κ1) is 17.7. The molecule has 1 aliphatic heterocycles. The van der Waals surface area contributed by atoms with Crippen molar-refractivity contribution >= 4 is 17.5 Å². The molecule has 2 rings (SSSR count). The van der Waals surface area contributed by atoms with E-state index in [0.29, 0.717) is 18.4 Å². The number of benzene rings is 1. The molecule has 4 nitrogen and oxygen atoms in total. The number of hydrogen-bond acceptors (Lipinski definition) is 3. The summed E-state index contributed by atoms with van der Waals surface area (Å²) in [5.74, 6) is -0.676. The average Bonchev–Trinajstić information content (AvgIpc) is 2.90. The number of carbonyl (C=O) groups excluding carboxylic acids is 1. The summed E-state index contributed by atoms with van der Waals surface area (Å²) in [7, 11) is 0. The quantitative estimate of drug-likeness (QED) is 0.918. The fraction of sp³-hybridized carbons (Fsp3) is 0.529. The van der Waals surface area contributed by atoms with E-state index in [2.05, 4.69) is 6.07 Å². The lowest BCUT2D eigenvalue weighted by Gasteiger charge is -2.37. The van der Waals surface area contributed by atoms with Gasteiger partial charge in [0.05, 0.1) is 29.6 Å². The number of nitrogens with two attached hydrogens (primary N) is 1. The molecule has 0 aliphatic carbocycles. The maximum absolute atomic E-state index is 13.7. The van der Waals surface area contributed by atoms with Gasteiger partial charge in [-0.05, 0) is 57.4 Å². The smallest absolute Gasteiger partial charge is 0.240 e. The van der Waals surface area contributed by atoms with E-state index in [1.807, 2.05) is 0 Å². The molecule has 1 saturated heterocycles. The lowest BCUT2D eigenvalue weighted by atomic mass is 9.84. The first-order chi connectivity index (χ1) is 10.7. The first-order valence-corrected chi connectivity index (χ1v) is 8.00. The third-order valence-corrected chi connectivity index (χ3v) is 4.64. The van der Waals surface area contributed by atoms with Crippen molar-refractivity contribution in [1.29, 1.82) is 5.26 Å². The highest BCUT2D eigenvalue weighted by Gasteiger charge is 2.46. The number of amides is 1. The Kier molecular flexibility index (Phi) is 4.98. The number of hydrogen-bond donors (Lipinski definition) is 1. The van der Waals surface area contributed by atoms with Gasteiger partial charge in [0.1, 0.15) is 5.82 Å². The molecule has 2 N–H and O–H groups in total. The van der Waals surface area contributed by atoms with Crippen LogP contribution < -0.4 is 5.73 Å². The van der Waals surface area contributed by atoms with Gasteiger partial charge in [-0.1, -0.05) is 11.6 Å². The summed E-state index contributed by atoms with van der Waals surface area (Å²) in [4.78, 5) is 14.3. The van der Waals surface area contributed by atoms with Crippen LogP contribution in [0.2, 0.25) is 5.02 Å². The van der Waals surface area contributed by atoms with Crippen molar-refractivity contribution in [2.75, 3.05) is 0 Å². The molecule has 23 heavy (non-hydrogen) atoms. The van der Waals surface area contributed by atoms with Crippen molar-refractivity contribution in [3.63, 3.8) is 0 Å². The highest BCUT2D eigenvalue weighted by Crippen LogP contribution is 2.43. The number of halogens is 2. The van der Waals surface area contributed by atoms with Gasteiger partial charge in [0.25, 0.3) is 0 Å². The van der Waals surface area contributed by atoms with Gasteiger partial charge in [0.2, 0.25) is 5.91 Å². The zero-order chi connectivity index (χ0) is 17.4. The normalized spacial score (nSPS) is 22.7. The van der Waals surface area contributed by atoms with Crippen molar-refractivity contribution < 1.29 is 9.18 Å². The molecule has 0 bridgehead atoms. The minimum atomic E-state index is -0.712. The molecule has 124 valence electrons. The van der Waals surface area contributed by atoms with Gasteiger partial charge >= 0.3 is 0 Å². The van der Waals surface area contributed by atoms with Crippen molar-refractivity contribution in [2.45, 2.75) is 51.7 Å². The second-order valence-electron chi connectivity index (χ2n) is 6.68. The van der Waals surface area contributed by atoms with Gasteiger partial charge in [-0.2, -0.15) is 5.26 Å². The number of carbonyl (C=O) groups is 1. The summed E-state index contributed by atoms with van der Waals surface area (Å²) in [6.07, 6.45) is 1.31. The first-order valence-electron chi connectivity index (χ1n) is 7.62. The van der Waals surface area contributed by atoms with Crippen LogP contribution in [-0.2, 0) is 4.79 Å². The Labute approximate surface area is 141 Å². The van der Waals surface area contributed by atoms with Gasteiger partial charge < -0.3 is 10.6 Å². The summed E-state index contributed by atoms with van der Waals surface area (Å²) >= 11 is 5.95. The Morgan fingerprint density at radius 1 is 1.48 bits per heavy atom. The highest BCUT2D eigenvalue weighted by molar-refractivity contribution is 6.30. The van der Waals surface area contributed by atoms with Gasteiger partial charge in [0, 0.05) is 5.02 Å². The van der Waals surface area contributed by atoms with E-state index < -0.39 is 17.3 Å². The monoisotopic (exact) mass is 337 g/mol. The zero-order valence-electron chi connectivity index (χ0n) is 13.5. The number of nitriles is 1. The van der Waals surface area contributed by atoms with Crippen LogP contribution in [0.5, 0.6) is 0 Å². The fourth-order valence-electron chi connectivity index (χ4n) is 3.23. The molecule has 1 fully saturated rings. The molecular weight excluding hydrogens is 317 g/mol. The van der Waals surface area contributed by atoms with Crippen molar-refractivity contribution in [2.24, 2.45) is 11.1 Å². The van der Waals surface area contributed by atoms with Crippen LogP contribution in [0.15, 0.2) is 18.2 Å². The molecular formula is C17H21ClFN3O. The summed E-state index contributed by atoms with van der Waals surface area (Å²) in [6, 6.07) is 5.28. The summed E-state index contributed by atoms with van der Waals surface area (Å²) < 4.78 is 13.7. The van der Waals surface area contributed by atoms with E-state index in [4.69, 9.17) is 17.3 Å². The zero-order valence-corrected chi connectivity index (χ0v) is 14.3. The maximum Gasteiger partial charge on any atom is 0.240 e. The minimum absolute atomic E-state index is 0.235. The van der Waals surface area contributed by atoms with Crippen LogP contribution >= 0.6 is 11.6 Å².